The number of amides is 1. The Hall–Kier alpha value is -1.39. The Morgan fingerprint density at radius 2 is 2.45 bits per heavy atom. The molecule has 20 heavy (non-hydrogen) atoms. The largest absolute Gasteiger partial charge is 0.395 e. The normalized spacial score (nSPS) is 18.1. The fraction of sp³-hybridized carbons (Fsp3) is 0.500. The maximum atomic E-state index is 12.1. The van der Waals surface area contributed by atoms with Crippen LogP contribution in [0.25, 0.3) is 0 Å². The van der Waals surface area contributed by atoms with E-state index in [4.69, 9.17) is 14.6 Å². The van der Waals surface area contributed by atoms with Crippen LogP contribution in [0.3, 0.4) is 0 Å². The smallest absolute Gasteiger partial charge is 0.262 e. The van der Waals surface area contributed by atoms with Crippen LogP contribution in [0.5, 0.6) is 0 Å². The SMILES string of the molecule is O=C(NCC1COCCO1)c1sccc1C#CCCO. The van der Waals surface area contributed by atoms with E-state index >= 15 is 0 Å². The van der Waals surface area contributed by atoms with E-state index in [9.17, 15) is 4.79 Å². The third-order valence-electron chi connectivity index (χ3n) is 2.71. The average molecular weight is 295 g/mol. The second kappa shape index (κ2) is 8.02. The summed E-state index contributed by atoms with van der Waals surface area (Å²) >= 11 is 1.35. The Balaban J connectivity index is 1.89. The van der Waals surface area contributed by atoms with Gasteiger partial charge in [-0.1, -0.05) is 11.8 Å². The molecule has 1 aliphatic heterocycles. The second-order valence-corrected chi connectivity index (χ2v) is 5.13. The molecule has 0 aliphatic carbocycles. The zero-order valence-corrected chi connectivity index (χ0v) is 11.9. The predicted octanol–water partition coefficient (Wildman–Crippen LogP) is 0.627. The van der Waals surface area contributed by atoms with Crippen LogP contribution >= 0.6 is 11.3 Å². The first kappa shape index (κ1) is 15.0. The molecular weight excluding hydrogens is 278 g/mol. The van der Waals surface area contributed by atoms with Crippen LogP contribution in [-0.4, -0.2) is 50.1 Å². The first-order valence-electron chi connectivity index (χ1n) is 6.46. The molecule has 1 saturated heterocycles. The van der Waals surface area contributed by atoms with Crippen LogP contribution < -0.4 is 5.32 Å². The number of hydrogen-bond donors (Lipinski definition) is 2. The van der Waals surface area contributed by atoms with Crippen molar-refractivity contribution in [1.29, 1.82) is 0 Å². The number of aliphatic hydroxyl groups excluding tert-OH is 1. The molecule has 0 spiro atoms. The van der Waals surface area contributed by atoms with Crippen molar-refractivity contribution < 1.29 is 19.4 Å². The van der Waals surface area contributed by atoms with E-state index < -0.39 is 0 Å². The van der Waals surface area contributed by atoms with E-state index in [0.29, 0.717) is 43.2 Å². The van der Waals surface area contributed by atoms with Crippen LogP contribution in [-0.2, 0) is 9.47 Å². The lowest BCUT2D eigenvalue weighted by Crippen LogP contribution is -2.39. The highest BCUT2D eigenvalue weighted by atomic mass is 32.1. The van der Waals surface area contributed by atoms with Gasteiger partial charge >= 0.3 is 0 Å². The molecule has 2 rings (SSSR count). The highest BCUT2D eigenvalue weighted by Crippen LogP contribution is 2.15. The molecular formula is C14H17NO4S. The maximum absolute atomic E-state index is 12.1. The van der Waals surface area contributed by atoms with Gasteiger partial charge in [-0.25, -0.2) is 0 Å². The van der Waals surface area contributed by atoms with Crippen molar-refractivity contribution in [3.8, 4) is 11.8 Å². The molecule has 1 amide bonds. The summed E-state index contributed by atoms with van der Waals surface area (Å²) in [7, 11) is 0. The standard InChI is InChI=1S/C14H17NO4S/c16-5-2-1-3-11-4-8-20-13(11)14(17)15-9-12-10-18-6-7-19-12/h4,8,12,16H,2,5-7,9-10H2,(H,15,17). The van der Waals surface area contributed by atoms with Crippen molar-refractivity contribution in [3.05, 3.63) is 21.9 Å². The summed E-state index contributed by atoms with van der Waals surface area (Å²) in [5.74, 6) is 5.57. The first-order valence-corrected chi connectivity index (χ1v) is 7.34. The lowest BCUT2D eigenvalue weighted by Gasteiger charge is -2.22. The van der Waals surface area contributed by atoms with Gasteiger partial charge in [0, 0.05) is 18.5 Å². The topological polar surface area (TPSA) is 67.8 Å². The number of nitrogens with one attached hydrogen (secondary N) is 1. The third-order valence-corrected chi connectivity index (χ3v) is 3.62. The van der Waals surface area contributed by atoms with Gasteiger partial charge in [0.2, 0.25) is 0 Å². The summed E-state index contributed by atoms with van der Waals surface area (Å²) in [6.45, 7) is 2.14. The van der Waals surface area contributed by atoms with Crippen molar-refractivity contribution >= 4 is 17.2 Å². The highest BCUT2D eigenvalue weighted by molar-refractivity contribution is 7.12. The molecule has 0 radical (unpaired) electrons. The third kappa shape index (κ3) is 4.32. The minimum absolute atomic E-state index is 0.0255. The number of hydrogen-bond acceptors (Lipinski definition) is 5. The van der Waals surface area contributed by atoms with Gasteiger partial charge in [0.1, 0.15) is 4.88 Å². The molecule has 1 atom stereocenters. The Morgan fingerprint density at radius 1 is 1.55 bits per heavy atom. The van der Waals surface area contributed by atoms with Gasteiger partial charge in [0.15, 0.2) is 0 Å². The molecule has 6 heteroatoms. The zero-order chi connectivity index (χ0) is 14.2. The lowest BCUT2D eigenvalue weighted by molar-refractivity contribution is -0.0855. The van der Waals surface area contributed by atoms with Crippen LogP contribution in [0.2, 0.25) is 0 Å². The molecule has 0 aromatic carbocycles. The van der Waals surface area contributed by atoms with Crippen LogP contribution in [0.4, 0.5) is 0 Å². The molecule has 1 aliphatic rings. The maximum Gasteiger partial charge on any atom is 0.262 e. The molecule has 1 aromatic heterocycles. The molecule has 1 fully saturated rings. The molecule has 5 nitrogen and oxygen atoms in total. The second-order valence-electron chi connectivity index (χ2n) is 4.22. The molecule has 1 aromatic rings. The summed E-state index contributed by atoms with van der Waals surface area (Å²) < 4.78 is 10.7. The number of ether oxygens (including phenoxy) is 2. The lowest BCUT2D eigenvalue weighted by atomic mass is 10.2. The van der Waals surface area contributed by atoms with E-state index in [0.717, 1.165) is 0 Å². The molecule has 1 unspecified atom stereocenters. The van der Waals surface area contributed by atoms with Crippen molar-refractivity contribution in [2.45, 2.75) is 12.5 Å². The Morgan fingerprint density at radius 3 is 3.20 bits per heavy atom. The van der Waals surface area contributed by atoms with Crippen LogP contribution in [0, 0.1) is 11.8 Å². The van der Waals surface area contributed by atoms with E-state index in [2.05, 4.69) is 17.2 Å². The summed E-state index contributed by atoms with van der Waals surface area (Å²) in [5.41, 5.74) is 0.696. The summed E-state index contributed by atoms with van der Waals surface area (Å²) in [6.07, 6.45) is 0.320. The zero-order valence-electron chi connectivity index (χ0n) is 11.1. The molecule has 0 saturated carbocycles. The number of thiophene rings is 1. The number of aliphatic hydroxyl groups is 1. The van der Waals surface area contributed by atoms with Crippen molar-refractivity contribution in [2.75, 3.05) is 33.0 Å². The summed E-state index contributed by atoms with van der Waals surface area (Å²) in [5, 5.41) is 13.4. The highest BCUT2D eigenvalue weighted by Gasteiger charge is 2.17. The molecule has 2 N–H and O–H groups in total. The number of rotatable bonds is 4. The quantitative estimate of drug-likeness (QED) is 0.800. The van der Waals surface area contributed by atoms with Gasteiger partial charge < -0.3 is 19.9 Å². The van der Waals surface area contributed by atoms with Crippen LogP contribution in [0.1, 0.15) is 21.7 Å². The average Bonchev–Trinajstić information content (AvgIpc) is 2.95. The Kier molecular flexibility index (Phi) is 6.02. The first-order chi connectivity index (χ1) is 9.81. The number of carbonyl (C=O) groups is 1. The minimum Gasteiger partial charge on any atom is -0.395 e. The van der Waals surface area contributed by atoms with Gasteiger partial charge in [0.25, 0.3) is 5.91 Å². The predicted molar refractivity (Wildman–Crippen MR) is 75.8 cm³/mol. The fourth-order valence-corrected chi connectivity index (χ4v) is 2.50. The van der Waals surface area contributed by atoms with Gasteiger partial charge in [-0.15, -0.1) is 11.3 Å². The van der Waals surface area contributed by atoms with E-state index in [1.807, 2.05) is 11.4 Å². The van der Waals surface area contributed by atoms with Gasteiger partial charge in [-0.3, -0.25) is 4.79 Å². The Labute approximate surface area is 121 Å². The van der Waals surface area contributed by atoms with E-state index in [1.165, 1.54) is 11.3 Å². The minimum atomic E-state index is -0.150. The fourth-order valence-electron chi connectivity index (χ4n) is 1.74. The molecule has 108 valence electrons. The number of carbonyl (C=O) groups excluding carboxylic acids is 1. The van der Waals surface area contributed by atoms with Crippen LogP contribution in [0.15, 0.2) is 11.4 Å². The van der Waals surface area contributed by atoms with E-state index in [-0.39, 0.29) is 18.6 Å². The Bertz CT molecular complexity index is 497. The van der Waals surface area contributed by atoms with E-state index in [1.54, 1.807) is 0 Å². The van der Waals surface area contributed by atoms with Gasteiger partial charge in [-0.05, 0) is 11.4 Å². The van der Waals surface area contributed by atoms with Crippen molar-refractivity contribution in [3.63, 3.8) is 0 Å². The summed E-state index contributed by atoms with van der Waals surface area (Å²) in [6, 6.07) is 1.81. The van der Waals surface area contributed by atoms with Crippen molar-refractivity contribution in [1.82, 2.24) is 5.32 Å². The molecule has 0 bridgehead atoms. The monoisotopic (exact) mass is 295 g/mol. The van der Waals surface area contributed by atoms with Gasteiger partial charge in [-0.2, -0.15) is 0 Å². The summed E-state index contributed by atoms with van der Waals surface area (Å²) in [4.78, 5) is 12.7. The van der Waals surface area contributed by atoms with Gasteiger partial charge in [0.05, 0.1) is 32.5 Å². The van der Waals surface area contributed by atoms with Crippen molar-refractivity contribution in [2.24, 2.45) is 0 Å². The molecule has 2 heterocycles.